The zero-order valence-electron chi connectivity index (χ0n) is 9.56. The fraction of sp³-hybridized carbons (Fsp3) is 0.0714. The van der Waals surface area contributed by atoms with Gasteiger partial charge in [0.25, 0.3) is 0 Å². The van der Waals surface area contributed by atoms with Crippen molar-refractivity contribution in [3.8, 4) is 11.1 Å². The molecule has 0 unspecified atom stereocenters. The summed E-state index contributed by atoms with van der Waals surface area (Å²) in [5, 5.41) is 3.13. The molecule has 3 nitrogen and oxygen atoms in total. The monoisotopic (exact) mass is 225 g/mol. The molecule has 0 bridgehead atoms. The Morgan fingerprint density at radius 3 is 2.41 bits per heavy atom. The van der Waals surface area contributed by atoms with E-state index in [-0.39, 0.29) is 0 Å². The van der Waals surface area contributed by atoms with Crippen molar-refractivity contribution < 1.29 is 0 Å². The standard InChI is InChI=1S/C14H15N3/c1-2-9-16-14-8-5-12(10-17-14)11-3-6-13(15)7-4-11/h2-8,10H,1,9,15H2,(H,16,17). The van der Waals surface area contributed by atoms with E-state index in [1.165, 1.54) is 0 Å². The third kappa shape index (κ3) is 2.84. The van der Waals surface area contributed by atoms with Crippen molar-refractivity contribution in [1.82, 2.24) is 4.98 Å². The molecule has 1 aromatic heterocycles. The van der Waals surface area contributed by atoms with Gasteiger partial charge in [0.1, 0.15) is 5.82 Å². The number of nitrogen functional groups attached to an aromatic ring is 1. The summed E-state index contributed by atoms with van der Waals surface area (Å²) in [4.78, 5) is 4.32. The van der Waals surface area contributed by atoms with Crippen molar-refractivity contribution in [2.75, 3.05) is 17.6 Å². The largest absolute Gasteiger partial charge is 0.399 e. The molecule has 0 saturated heterocycles. The van der Waals surface area contributed by atoms with E-state index in [1.807, 2.05) is 42.6 Å². The summed E-state index contributed by atoms with van der Waals surface area (Å²) >= 11 is 0. The molecule has 0 radical (unpaired) electrons. The number of benzene rings is 1. The van der Waals surface area contributed by atoms with Gasteiger partial charge >= 0.3 is 0 Å². The molecule has 0 atom stereocenters. The summed E-state index contributed by atoms with van der Waals surface area (Å²) in [5.74, 6) is 0.851. The van der Waals surface area contributed by atoms with Crippen LogP contribution in [0.15, 0.2) is 55.3 Å². The van der Waals surface area contributed by atoms with Gasteiger partial charge in [-0.1, -0.05) is 18.2 Å². The Labute approximate surface area is 101 Å². The molecule has 0 aliphatic heterocycles. The molecule has 1 aromatic carbocycles. The predicted octanol–water partition coefficient (Wildman–Crippen LogP) is 2.93. The first-order chi connectivity index (χ1) is 8.29. The average Bonchev–Trinajstić information content (AvgIpc) is 2.38. The molecule has 0 aliphatic carbocycles. The normalized spacial score (nSPS) is 9.88. The van der Waals surface area contributed by atoms with Crippen molar-refractivity contribution in [3.05, 3.63) is 55.3 Å². The molecule has 3 N–H and O–H groups in total. The minimum atomic E-state index is 0.716. The minimum absolute atomic E-state index is 0.716. The number of hydrogen-bond acceptors (Lipinski definition) is 3. The van der Waals surface area contributed by atoms with Crippen molar-refractivity contribution >= 4 is 11.5 Å². The van der Waals surface area contributed by atoms with Gasteiger partial charge in [0.05, 0.1) is 0 Å². The van der Waals surface area contributed by atoms with Gasteiger partial charge in [0.15, 0.2) is 0 Å². The Balaban J connectivity index is 2.17. The summed E-state index contributed by atoms with van der Waals surface area (Å²) in [7, 11) is 0. The minimum Gasteiger partial charge on any atom is -0.399 e. The fourth-order valence-corrected chi connectivity index (χ4v) is 1.52. The Morgan fingerprint density at radius 1 is 1.12 bits per heavy atom. The van der Waals surface area contributed by atoms with E-state index < -0.39 is 0 Å². The molecule has 86 valence electrons. The van der Waals surface area contributed by atoms with Crippen LogP contribution in [0.2, 0.25) is 0 Å². The van der Waals surface area contributed by atoms with Crippen LogP contribution in [-0.2, 0) is 0 Å². The number of nitrogens with two attached hydrogens (primary N) is 1. The first-order valence-electron chi connectivity index (χ1n) is 5.46. The number of hydrogen-bond donors (Lipinski definition) is 2. The van der Waals surface area contributed by atoms with E-state index in [0.29, 0.717) is 6.54 Å². The number of nitrogens with one attached hydrogen (secondary N) is 1. The van der Waals surface area contributed by atoms with Crippen LogP contribution < -0.4 is 11.1 Å². The maximum Gasteiger partial charge on any atom is 0.126 e. The zero-order valence-corrected chi connectivity index (χ0v) is 9.56. The highest BCUT2D eigenvalue weighted by atomic mass is 15.0. The predicted molar refractivity (Wildman–Crippen MR) is 72.8 cm³/mol. The number of rotatable bonds is 4. The van der Waals surface area contributed by atoms with E-state index in [1.54, 1.807) is 6.08 Å². The number of anilines is 2. The summed E-state index contributed by atoms with van der Waals surface area (Å²) in [6.07, 6.45) is 3.65. The first kappa shape index (κ1) is 11.2. The van der Waals surface area contributed by atoms with Crippen molar-refractivity contribution in [2.24, 2.45) is 0 Å². The lowest BCUT2D eigenvalue weighted by atomic mass is 10.1. The summed E-state index contributed by atoms with van der Waals surface area (Å²) < 4.78 is 0. The lowest BCUT2D eigenvalue weighted by molar-refractivity contribution is 1.23. The summed E-state index contributed by atoms with van der Waals surface area (Å²) in [6, 6.07) is 11.7. The highest BCUT2D eigenvalue weighted by molar-refractivity contribution is 5.65. The van der Waals surface area contributed by atoms with Crippen LogP contribution in [0.3, 0.4) is 0 Å². The van der Waals surface area contributed by atoms with Gasteiger partial charge in [-0.05, 0) is 29.8 Å². The van der Waals surface area contributed by atoms with E-state index in [4.69, 9.17) is 5.73 Å². The van der Waals surface area contributed by atoms with E-state index in [9.17, 15) is 0 Å². The van der Waals surface area contributed by atoms with Crippen LogP contribution in [0.5, 0.6) is 0 Å². The Bertz CT molecular complexity index is 486. The molecule has 0 saturated carbocycles. The van der Waals surface area contributed by atoms with Gasteiger partial charge < -0.3 is 11.1 Å². The fourth-order valence-electron chi connectivity index (χ4n) is 1.52. The van der Waals surface area contributed by atoms with Crippen LogP contribution in [0.1, 0.15) is 0 Å². The summed E-state index contributed by atoms with van der Waals surface area (Å²) in [6.45, 7) is 4.36. The Kier molecular flexibility index (Phi) is 3.40. The molecule has 0 spiro atoms. The molecule has 17 heavy (non-hydrogen) atoms. The third-order valence-corrected chi connectivity index (χ3v) is 2.44. The van der Waals surface area contributed by atoms with Gasteiger partial charge in [-0.15, -0.1) is 6.58 Å². The first-order valence-corrected chi connectivity index (χ1v) is 5.46. The lowest BCUT2D eigenvalue weighted by Gasteiger charge is -2.05. The topological polar surface area (TPSA) is 50.9 Å². The van der Waals surface area contributed by atoms with Crippen LogP contribution in [0, 0.1) is 0 Å². The van der Waals surface area contributed by atoms with Crippen molar-refractivity contribution in [3.63, 3.8) is 0 Å². The summed E-state index contributed by atoms with van der Waals surface area (Å²) in [5.41, 5.74) is 8.61. The highest BCUT2D eigenvalue weighted by Gasteiger charge is 1.98. The maximum absolute atomic E-state index is 5.65. The van der Waals surface area contributed by atoms with Crippen LogP contribution in [0.4, 0.5) is 11.5 Å². The highest BCUT2D eigenvalue weighted by Crippen LogP contribution is 2.20. The molecular weight excluding hydrogens is 210 g/mol. The molecular formula is C14H15N3. The van der Waals surface area contributed by atoms with Gasteiger partial charge in [0.2, 0.25) is 0 Å². The quantitative estimate of drug-likeness (QED) is 0.621. The number of nitrogens with zero attached hydrogens (tertiary/aromatic N) is 1. The maximum atomic E-state index is 5.65. The van der Waals surface area contributed by atoms with Crippen LogP contribution in [-0.4, -0.2) is 11.5 Å². The van der Waals surface area contributed by atoms with E-state index in [2.05, 4.69) is 16.9 Å². The second-order valence-electron chi connectivity index (χ2n) is 3.72. The second kappa shape index (κ2) is 5.16. The van der Waals surface area contributed by atoms with Gasteiger partial charge in [-0.2, -0.15) is 0 Å². The molecule has 0 fully saturated rings. The zero-order chi connectivity index (χ0) is 12.1. The van der Waals surface area contributed by atoms with Crippen LogP contribution in [0.25, 0.3) is 11.1 Å². The van der Waals surface area contributed by atoms with Gasteiger partial charge in [-0.25, -0.2) is 4.98 Å². The van der Waals surface area contributed by atoms with Gasteiger partial charge in [-0.3, -0.25) is 0 Å². The molecule has 1 heterocycles. The van der Waals surface area contributed by atoms with E-state index >= 15 is 0 Å². The smallest absolute Gasteiger partial charge is 0.126 e. The van der Waals surface area contributed by atoms with Crippen LogP contribution >= 0.6 is 0 Å². The Morgan fingerprint density at radius 2 is 1.82 bits per heavy atom. The van der Waals surface area contributed by atoms with Crippen molar-refractivity contribution in [2.45, 2.75) is 0 Å². The third-order valence-electron chi connectivity index (χ3n) is 2.44. The number of pyridine rings is 1. The molecule has 2 aromatic rings. The molecule has 3 heteroatoms. The Hall–Kier alpha value is -2.29. The average molecular weight is 225 g/mol. The second-order valence-corrected chi connectivity index (χ2v) is 3.72. The molecule has 0 aliphatic rings. The molecule has 2 rings (SSSR count). The van der Waals surface area contributed by atoms with E-state index in [0.717, 1.165) is 22.6 Å². The van der Waals surface area contributed by atoms with Crippen molar-refractivity contribution in [1.29, 1.82) is 0 Å². The molecule has 0 amide bonds. The number of aromatic nitrogens is 1. The lowest BCUT2D eigenvalue weighted by Crippen LogP contribution is -1.99. The van der Waals surface area contributed by atoms with Gasteiger partial charge in [0, 0.05) is 24.0 Å². The SMILES string of the molecule is C=CCNc1ccc(-c2ccc(N)cc2)cn1.